The van der Waals surface area contributed by atoms with Gasteiger partial charge < -0.3 is 4.57 Å². The molecule has 1 fully saturated rings. The van der Waals surface area contributed by atoms with Gasteiger partial charge in [-0.25, -0.2) is 9.37 Å². The number of hydrogen-bond acceptors (Lipinski definition) is 3. The number of imidazole rings is 1. The molecule has 4 nitrogen and oxygen atoms in total. The maximum Gasteiger partial charge on any atom is 0.139 e. The van der Waals surface area contributed by atoms with Gasteiger partial charge >= 0.3 is 0 Å². The zero-order chi connectivity index (χ0) is 18.5. The molecule has 0 atom stereocenters. The largest absolute Gasteiger partial charge is 0.330 e. The minimum Gasteiger partial charge on any atom is -0.330 e. The smallest absolute Gasteiger partial charge is 0.139 e. The molecule has 5 heteroatoms. The van der Waals surface area contributed by atoms with E-state index in [1.54, 1.807) is 12.1 Å². The summed E-state index contributed by atoms with van der Waals surface area (Å²) < 4.78 is 16.1. The van der Waals surface area contributed by atoms with Crippen molar-refractivity contribution < 1.29 is 4.39 Å². The summed E-state index contributed by atoms with van der Waals surface area (Å²) in [6, 6.07) is 17.4. The van der Waals surface area contributed by atoms with E-state index in [0.717, 1.165) is 56.2 Å². The zero-order valence-corrected chi connectivity index (χ0v) is 15.5. The van der Waals surface area contributed by atoms with E-state index >= 15 is 0 Å². The second kappa shape index (κ2) is 8.46. The Labute approximate surface area is 159 Å². The highest BCUT2D eigenvalue weighted by atomic mass is 19.1. The summed E-state index contributed by atoms with van der Waals surface area (Å²) in [5.74, 6) is 0.919. The van der Waals surface area contributed by atoms with E-state index in [0.29, 0.717) is 6.54 Å². The van der Waals surface area contributed by atoms with Crippen molar-refractivity contribution in [2.45, 2.75) is 13.1 Å². The molecule has 1 saturated heterocycles. The summed E-state index contributed by atoms with van der Waals surface area (Å²) in [6.07, 6.45) is 3.92. The van der Waals surface area contributed by atoms with Crippen molar-refractivity contribution in [2.24, 2.45) is 0 Å². The number of piperazine rings is 1. The molecule has 4 rings (SSSR count). The first kappa shape index (κ1) is 17.9. The summed E-state index contributed by atoms with van der Waals surface area (Å²) in [6.45, 7) is 6.61. The highest BCUT2D eigenvalue weighted by Crippen LogP contribution is 2.17. The van der Waals surface area contributed by atoms with E-state index < -0.39 is 0 Å². The van der Waals surface area contributed by atoms with Crippen LogP contribution < -0.4 is 0 Å². The first-order valence-electron chi connectivity index (χ1n) is 9.54. The molecule has 0 N–H and O–H groups in total. The Bertz CT molecular complexity index is 854. The molecule has 140 valence electrons. The summed E-state index contributed by atoms with van der Waals surface area (Å²) in [4.78, 5) is 9.33. The van der Waals surface area contributed by atoms with Gasteiger partial charge in [0, 0.05) is 69.3 Å². The van der Waals surface area contributed by atoms with Crippen molar-refractivity contribution >= 4 is 0 Å². The van der Waals surface area contributed by atoms with Crippen LogP contribution in [0.1, 0.15) is 5.56 Å². The van der Waals surface area contributed by atoms with Crippen molar-refractivity contribution in [3.05, 3.63) is 78.4 Å². The molecule has 27 heavy (non-hydrogen) atoms. The van der Waals surface area contributed by atoms with E-state index in [1.165, 1.54) is 0 Å². The van der Waals surface area contributed by atoms with Gasteiger partial charge in [-0.2, -0.15) is 0 Å². The Balaban J connectivity index is 1.28. The molecule has 1 aliphatic heterocycles. The maximum absolute atomic E-state index is 13.8. The zero-order valence-electron chi connectivity index (χ0n) is 15.5. The van der Waals surface area contributed by atoms with Crippen LogP contribution in [0.3, 0.4) is 0 Å². The van der Waals surface area contributed by atoms with Crippen molar-refractivity contribution in [3.8, 4) is 11.4 Å². The highest BCUT2D eigenvalue weighted by Gasteiger charge is 2.18. The van der Waals surface area contributed by atoms with Gasteiger partial charge in [0.15, 0.2) is 0 Å². The van der Waals surface area contributed by atoms with Crippen LogP contribution in [0.5, 0.6) is 0 Å². The lowest BCUT2D eigenvalue weighted by Gasteiger charge is -2.34. The van der Waals surface area contributed by atoms with Crippen molar-refractivity contribution in [1.29, 1.82) is 0 Å². The fourth-order valence-electron chi connectivity index (χ4n) is 3.62. The number of rotatable bonds is 6. The lowest BCUT2D eigenvalue weighted by molar-refractivity contribution is 0.123. The topological polar surface area (TPSA) is 24.3 Å². The van der Waals surface area contributed by atoms with Gasteiger partial charge in [-0.05, 0) is 6.07 Å². The number of benzene rings is 2. The number of nitrogens with zero attached hydrogens (tertiary/aromatic N) is 4. The molecule has 0 spiro atoms. The third-order valence-electron chi connectivity index (χ3n) is 5.22. The molecule has 0 aliphatic carbocycles. The van der Waals surface area contributed by atoms with Crippen LogP contribution in [0.2, 0.25) is 0 Å². The van der Waals surface area contributed by atoms with Crippen LogP contribution in [0.4, 0.5) is 4.39 Å². The second-order valence-electron chi connectivity index (χ2n) is 7.02. The van der Waals surface area contributed by atoms with Gasteiger partial charge in [-0.3, -0.25) is 9.80 Å². The molecule has 0 saturated carbocycles. The van der Waals surface area contributed by atoms with Gasteiger partial charge in [-0.15, -0.1) is 0 Å². The molecule has 2 heterocycles. The normalized spacial score (nSPS) is 15.9. The van der Waals surface area contributed by atoms with Crippen molar-refractivity contribution in [1.82, 2.24) is 19.4 Å². The van der Waals surface area contributed by atoms with E-state index in [9.17, 15) is 4.39 Å². The molecule has 1 aliphatic rings. The Kier molecular flexibility index (Phi) is 5.61. The maximum atomic E-state index is 13.8. The van der Waals surface area contributed by atoms with Crippen molar-refractivity contribution in [3.63, 3.8) is 0 Å². The minimum absolute atomic E-state index is 0.103. The summed E-state index contributed by atoms with van der Waals surface area (Å²) in [7, 11) is 0. The Hall–Kier alpha value is -2.50. The molecule has 0 unspecified atom stereocenters. The fraction of sp³-hybridized carbons (Fsp3) is 0.318. The van der Waals surface area contributed by atoms with E-state index in [2.05, 4.69) is 37.7 Å². The number of halogens is 1. The molecule has 3 aromatic rings. The molecule has 1 aromatic heterocycles. The summed E-state index contributed by atoms with van der Waals surface area (Å²) in [5.41, 5.74) is 1.94. The first-order chi connectivity index (χ1) is 13.3. The fourth-order valence-corrected chi connectivity index (χ4v) is 3.62. The molecule has 0 bridgehead atoms. The van der Waals surface area contributed by atoms with Crippen LogP contribution in [0.15, 0.2) is 67.0 Å². The average Bonchev–Trinajstić information content (AvgIpc) is 3.18. The molecular formula is C22H25FN4. The van der Waals surface area contributed by atoms with Crippen molar-refractivity contribution in [2.75, 3.05) is 32.7 Å². The van der Waals surface area contributed by atoms with Gasteiger partial charge in [-0.1, -0.05) is 48.5 Å². The third kappa shape index (κ3) is 4.43. The van der Waals surface area contributed by atoms with Crippen LogP contribution in [0.25, 0.3) is 11.4 Å². The van der Waals surface area contributed by atoms with Gasteiger partial charge in [0.1, 0.15) is 11.6 Å². The van der Waals surface area contributed by atoms with Gasteiger partial charge in [0.25, 0.3) is 0 Å². The quantitative estimate of drug-likeness (QED) is 0.669. The van der Waals surface area contributed by atoms with Gasteiger partial charge in [0.05, 0.1) is 0 Å². The summed E-state index contributed by atoms with van der Waals surface area (Å²) >= 11 is 0. The standard InChI is InChI=1S/C22H25FN4/c23-21-9-5-4-8-20(21)18-26-14-12-25(13-15-26)16-17-27-11-10-24-22(27)19-6-2-1-3-7-19/h1-11H,12-18H2. The van der Waals surface area contributed by atoms with Crippen LogP contribution in [0, 0.1) is 5.82 Å². The monoisotopic (exact) mass is 364 g/mol. The van der Waals surface area contributed by atoms with Crippen LogP contribution >= 0.6 is 0 Å². The molecule has 2 aromatic carbocycles. The predicted molar refractivity (Wildman–Crippen MR) is 106 cm³/mol. The highest BCUT2D eigenvalue weighted by molar-refractivity contribution is 5.55. The van der Waals surface area contributed by atoms with Crippen LogP contribution in [-0.4, -0.2) is 52.1 Å². The molecular weight excluding hydrogens is 339 g/mol. The SMILES string of the molecule is Fc1ccccc1CN1CCN(CCn2ccnc2-c2ccccc2)CC1. The number of hydrogen-bond donors (Lipinski definition) is 0. The number of aromatic nitrogens is 2. The first-order valence-corrected chi connectivity index (χ1v) is 9.54. The second-order valence-corrected chi connectivity index (χ2v) is 7.02. The lowest BCUT2D eigenvalue weighted by Crippen LogP contribution is -2.46. The molecule has 0 amide bonds. The summed E-state index contributed by atoms with van der Waals surface area (Å²) in [5, 5.41) is 0. The van der Waals surface area contributed by atoms with Crippen LogP contribution in [-0.2, 0) is 13.1 Å². The lowest BCUT2D eigenvalue weighted by atomic mass is 10.2. The predicted octanol–water partition coefficient (Wildman–Crippen LogP) is 3.51. The average molecular weight is 364 g/mol. The minimum atomic E-state index is -0.103. The van der Waals surface area contributed by atoms with Gasteiger partial charge in [0.2, 0.25) is 0 Å². The van der Waals surface area contributed by atoms with E-state index in [4.69, 9.17) is 0 Å². The van der Waals surface area contributed by atoms with E-state index in [-0.39, 0.29) is 5.82 Å². The molecule has 0 radical (unpaired) electrons. The Morgan fingerprint density at radius 2 is 1.52 bits per heavy atom. The Morgan fingerprint density at radius 3 is 2.30 bits per heavy atom. The Morgan fingerprint density at radius 1 is 0.815 bits per heavy atom. The third-order valence-corrected chi connectivity index (χ3v) is 5.22. The van der Waals surface area contributed by atoms with E-state index in [1.807, 2.05) is 36.5 Å².